The van der Waals surface area contributed by atoms with Crippen molar-refractivity contribution in [3.63, 3.8) is 0 Å². The maximum absolute atomic E-state index is 14.0. The molecule has 43 heavy (non-hydrogen) atoms. The van der Waals surface area contributed by atoms with Crippen molar-refractivity contribution < 1.29 is 28.8 Å². The van der Waals surface area contributed by atoms with E-state index in [1.807, 2.05) is 60.6 Å². The summed E-state index contributed by atoms with van der Waals surface area (Å²) < 4.78 is 12.3. The second-order valence-corrected chi connectivity index (χ2v) is 14.8. The Kier molecular flexibility index (Phi) is 11.3. The number of carbonyl (C=O) groups excluding carboxylic acids is 2. The highest BCUT2D eigenvalue weighted by Gasteiger charge is 2.51. The van der Waals surface area contributed by atoms with Crippen LogP contribution in [0.2, 0.25) is 11.3 Å². The number of hydrogen-bond donors (Lipinski definition) is 3. The molecule has 11 heteroatoms. The number of rotatable bonds is 11. The Hall–Kier alpha value is -2.30. The summed E-state index contributed by atoms with van der Waals surface area (Å²) in [6, 6.07) is 7.01. The van der Waals surface area contributed by atoms with Gasteiger partial charge in [-0.15, -0.1) is 0 Å². The molecule has 2 aliphatic rings. The Balaban J connectivity index is 1.75. The molecular weight excluding hydrogens is 569 g/mol. The predicted molar refractivity (Wildman–Crippen MR) is 170 cm³/mol. The number of amides is 3. The van der Waals surface area contributed by atoms with Crippen LogP contribution in [0.25, 0.3) is 0 Å². The number of carboxylic acid groups (broad SMARTS) is 1. The molecular formula is C32H51BClN3O6. The van der Waals surface area contributed by atoms with E-state index in [1.165, 1.54) is 11.8 Å². The second kappa shape index (κ2) is 13.8. The highest BCUT2D eigenvalue weighted by molar-refractivity contribution is 6.45. The van der Waals surface area contributed by atoms with Crippen molar-refractivity contribution in [2.24, 2.45) is 5.92 Å². The number of hydrogen-bond acceptors (Lipinski definition) is 5. The van der Waals surface area contributed by atoms with Gasteiger partial charge in [-0.3, -0.25) is 9.59 Å². The van der Waals surface area contributed by atoms with E-state index >= 15 is 0 Å². The topological polar surface area (TPSA) is 117 Å². The molecule has 0 aromatic heterocycles. The number of halogens is 1. The van der Waals surface area contributed by atoms with Crippen LogP contribution in [0.5, 0.6) is 0 Å². The fourth-order valence-corrected chi connectivity index (χ4v) is 6.43. The van der Waals surface area contributed by atoms with Crippen LogP contribution in [0.15, 0.2) is 24.3 Å². The van der Waals surface area contributed by atoms with Gasteiger partial charge >= 0.3 is 13.2 Å². The largest absolute Gasteiger partial charge is 0.465 e. The zero-order valence-corrected chi connectivity index (χ0v) is 28.0. The molecule has 1 unspecified atom stereocenters. The van der Waals surface area contributed by atoms with Crippen LogP contribution in [-0.4, -0.2) is 63.4 Å². The Bertz CT molecular complexity index is 1110. The van der Waals surface area contributed by atoms with E-state index in [0.29, 0.717) is 49.9 Å². The number of benzene rings is 1. The van der Waals surface area contributed by atoms with Crippen molar-refractivity contribution in [2.45, 2.75) is 142 Å². The van der Waals surface area contributed by atoms with Crippen molar-refractivity contribution in [1.82, 2.24) is 15.5 Å². The lowest BCUT2D eigenvalue weighted by Gasteiger charge is -2.45. The monoisotopic (exact) mass is 619 g/mol. The summed E-state index contributed by atoms with van der Waals surface area (Å²) in [4.78, 5) is 40.4. The first-order valence-electron chi connectivity index (χ1n) is 15.6. The maximum atomic E-state index is 14.0. The molecule has 1 heterocycles. The molecule has 1 aromatic carbocycles. The second-order valence-electron chi connectivity index (χ2n) is 14.3. The van der Waals surface area contributed by atoms with Crippen LogP contribution in [0, 0.1) is 5.92 Å². The van der Waals surface area contributed by atoms with Crippen LogP contribution in [-0.2, 0) is 25.4 Å². The average Bonchev–Trinajstić information content (AvgIpc) is 3.09. The van der Waals surface area contributed by atoms with E-state index in [9.17, 15) is 19.5 Å². The maximum Gasteiger partial charge on any atom is 0.457 e. The van der Waals surface area contributed by atoms with Gasteiger partial charge in [0, 0.05) is 30.1 Å². The summed E-state index contributed by atoms with van der Waals surface area (Å²) in [6.45, 7) is 15.6. The van der Waals surface area contributed by atoms with E-state index in [2.05, 4.69) is 10.6 Å². The van der Waals surface area contributed by atoms with Gasteiger partial charge in [-0.25, -0.2) is 4.79 Å². The number of nitrogens with one attached hydrogen (secondary N) is 2. The Morgan fingerprint density at radius 2 is 1.53 bits per heavy atom. The predicted octanol–water partition coefficient (Wildman–Crippen LogP) is 6.43. The van der Waals surface area contributed by atoms with Crippen molar-refractivity contribution in [3.8, 4) is 0 Å². The van der Waals surface area contributed by atoms with Crippen molar-refractivity contribution in [2.75, 3.05) is 0 Å². The normalized spacial score (nSPS) is 22.9. The zero-order chi connectivity index (χ0) is 32.2. The molecule has 9 nitrogen and oxygen atoms in total. The molecule has 3 rings (SSSR count). The molecule has 1 aromatic rings. The van der Waals surface area contributed by atoms with E-state index < -0.39 is 28.4 Å². The van der Waals surface area contributed by atoms with Gasteiger partial charge in [-0.05, 0) is 111 Å². The van der Waals surface area contributed by atoms with Crippen LogP contribution in [0.4, 0.5) is 4.79 Å². The van der Waals surface area contributed by atoms with Gasteiger partial charge in [0.2, 0.25) is 11.8 Å². The van der Waals surface area contributed by atoms with Gasteiger partial charge in [-0.1, -0.05) is 36.6 Å². The van der Waals surface area contributed by atoms with Crippen LogP contribution in [0.1, 0.15) is 106 Å². The molecule has 3 amide bonds. The van der Waals surface area contributed by atoms with E-state index in [-0.39, 0.29) is 37.4 Å². The quantitative estimate of drug-likeness (QED) is 0.194. The van der Waals surface area contributed by atoms with E-state index in [1.54, 1.807) is 12.1 Å². The Morgan fingerprint density at radius 1 is 0.977 bits per heavy atom. The van der Waals surface area contributed by atoms with Crippen LogP contribution >= 0.6 is 11.6 Å². The standard InChI is InChI=1S/C32H51BClN3O6/c1-22(38)35-32(27(39)36-29(2,3)4,19-9-10-20-33-42-30(5,6)31(7,8)43-33)24-13-17-26(18-14-24)37(28(40)41)21-23-11-15-25(34)16-12-23/h11-12,15-16,24,26H,9-10,13-14,17-21H2,1-8H3,(H,35,38)(H,36,39)(H,40,41). The highest BCUT2D eigenvalue weighted by Crippen LogP contribution is 2.40. The Labute approximate surface area is 262 Å². The van der Waals surface area contributed by atoms with Gasteiger partial charge < -0.3 is 29.9 Å². The highest BCUT2D eigenvalue weighted by atomic mass is 35.5. The van der Waals surface area contributed by atoms with E-state index in [4.69, 9.17) is 20.9 Å². The Morgan fingerprint density at radius 3 is 2.02 bits per heavy atom. The van der Waals surface area contributed by atoms with Crippen LogP contribution < -0.4 is 10.6 Å². The first-order chi connectivity index (χ1) is 19.8. The summed E-state index contributed by atoms with van der Waals surface area (Å²) in [5.41, 5.74) is -1.53. The molecule has 240 valence electrons. The minimum atomic E-state index is -1.11. The van der Waals surface area contributed by atoms with Gasteiger partial charge in [0.05, 0.1) is 11.2 Å². The molecule has 0 radical (unpaired) electrons. The third kappa shape index (κ3) is 9.11. The number of nitrogens with zero attached hydrogens (tertiary/aromatic N) is 1. The molecule has 1 saturated carbocycles. The minimum Gasteiger partial charge on any atom is -0.465 e. The SMILES string of the molecule is CC(=O)NC(CCCCB1OC(C)(C)C(C)(C)O1)(C(=O)NC(C)(C)C)C1CCC(N(Cc2ccc(Cl)cc2)C(=O)O)CC1. The average molecular weight is 620 g/mol. The summed E-state index contributed by atoms with van der Waals surface area (Å²) in [5.74, 6) is -0.587. The zero-order valence-electron chi connectivity index (χ0n) is 27.2. The van der Waals surface area contributed by atoms with Gasteiger partial charge in [0.25, 0.3) is 0 Å². The van der Waals surface area contributed by atoms with Gasteiger partial charge in [-0.2, -0.15) is 0 Å². The smallest absolute Gasteiger partial charge is 0.457 e. The van der Waals surface area contributed by atoms with E-state index in [0.717, 1.165) is 12.0 Å². The molecule has 0 bridgehead atoms. The fraction of sp³-hybridized carbons (Fsp3) is 0.719. The third-order valence-corrected chi connectivity index (χ3v) is 9.45. The molecule has 3 N–H and O–H groups in total. The number of unbranched alkanes of at least 4 members (excludes halogenated alkanes) is 1. The van der Waals surface area contributed by atoms with Crippen molar-refractivity contribution in [3.05, 3.63) is 34.9 Å². The molecule has 1 atom stereocenters. The van der Waals surface area contributed by atoms with Crippen molar-refractivity contribution >= 4 is 36.6 Å². The minimum absolute atomic E-state index is 0.141. The van der Waals surface area contributed by atoms with Crippen molar-refractivity contribution in [1.29, 1.82) is 0 Å². The lowest BCUT2D eigenvalue weighted by molar-refractivity contribution is -0.138. The third-order valence-electron chi connectivity index (χ3n) is 9.20. The first kappa shape index (κ1) is 35.2. The molecule has 2 fully saturated rings. The molecule has 0 spiro atoms. The van der Waals surface area contributed by atoms with Gasteiger partial charge in [0.15, 0.2) is 0 Å². The summed E-state index contributed by atoms with van der Waals surface area (Å²) in [7, 11) is -0.318. The fourth-order valence-electron chi connectivity index (χ4n) is 6.31. The lowest BCUT2D eigenvalue weighted by atomic mass is 9.69. The van der Waals surface area contributed by atoms with Crippen LogP contribution in [0.3, 0.4) is 0 Å². The summed E-state index contributed by atoms with van der Waals surface area (Å²) in [6.07, 6.45) is 4.08. The molecule has 1 aliphatic carbocycles. The lowest BCUT2D eigenvalue weighted by Crippen LogP contribution is -2.65. The number of carbonyl (C=O) groups is 3. The summed E-state index contributed by atoms with van der Waals surface area (Å²) in [5, 5.41) is 16.9. The molecule has 1 aliphatic heterocycles. The summed E-state index contributed by atoms with van der Waals surface area (Å²) >= 11 is 6.02. The van der Waals surface area contributed by atoms with Gasteiger partial charge in [0.1, 0.15) is 5.54 Å². The molecule has 1 saturated heterocycles. The first-order valence-corrected chi connectivity index (χ1v) is 15.9.